The van der Waals surface area contributed by atoms with Crippen molar-refractivity contribution in [3.05, 3.63) is 6.33 Å². The van der Waals surface area contributed by atoms with Gasteiger partial charge in [0.25, 0.3) is 0 Å². The quantitative estimate of drug-likeness (QED) is 0.846. The Balaban J connectivity index is 1.49. The Morgan fingerprint density at radius 2 is 2.17 bits per heavy atom. The van der Waals surface area contributed by atoms with Crippen molar-refractivity contribution in [1.29, 1.82) is 0 Å². The maximum atomic E-state index is 6.33. The average molecular weight is 348 g/mol. The van der Waals surface area contributed by atoms with Gasteiger partial charge in [-0.25, -0.2) is 9.97 Å². The summed E-state index contributed by atoms with van der Waals surface area (Å²) in [6, 6.07) is 0. The molecule has 24 heavy (non-hydrogen) atoms. The molecule has 2 aromatic heterocycles. The Bertz CT molecular complexity index is 776. The van der Waals surface area contributed by atoms with Gasteiger partial charge in [0.05, 0.1) is 13.7 Å². The number of hydrogen-bond donors (Lipinski definition) is 1. The van der Waals surface area contributed by atoms with Crippen LogP contribution < -0.4 is 15.4 Å². The molecule has 2 atom stereocenters. The van der Waals surface area contributed by atoms with Gasteiger partial charge in [-0.3, -0.25) is 5.73 Å². The third-order valence-corrected chi connectivity index (χ3v) is 6.51. The van der Waals surface area contributed by atoms with Crippen LogP contribution in [0.2, 0.25) is 0 Å². The monoisotopic (exact) mass is 348 g/mol. The van der Waals surface area contributed by atoms with Crippen molar-refractivity contribution in [2.45, 2.75) is 24.8 Å². The van der Waals surface area contributed by atoms with E-state index in [1.165, 1.54) is 43.6 Å². The molecule has 2 N–H and O–H groups in total. The predicted molar refractivity (Wildman–Crippen MR) is 90.1 cm³/mol. The first kappa shape index (κ1) is 14.8. The van der Waals surface area contributed by atoms with E-state index in [4.69, 9.17) is 15.2 Å². The summed E-state index contributed by atoms with van der Waals surface area (Å²) in [5.74, 6) is 1.08. The van der Waals surface area contributed by atoms with E-state index in [9.17, 15) is 0 Å². The fraction of sp³-hybridized carbons (Fsp3) is 0.667. The van der Waals surface area contributed by atoms with Gasteiger partial charge in [0, 0.05) is 6.54 Å². The largest absolute Gasteiger partial charge is 0.479 e. The molecule has 2 aromatic rings. The first-order valence-electron chi connectivity index (χ1n) is 8.26. The first-order chi connectivity index (χ1) is 11.7. The zero-order valence-electron chi connectivity index (χ0n) is 13.5. The SMILES string of the molecule is COc1ncnc2sc(N3CC4(CN5CCC4CC5)OC3N)nc12. The minimum Gasteiger partial charge on any atom is -0.479 e. The average Bonchev–Trinajstić information content (AvgIpc) is 3.16. The van der Waals surface area contributed by atoms with Gasteiger partial charge in [-0.15, -0.1) is 0 Å². The van der Waals surface area contributed by atoms with Gasteiger partial charge in [-0.05, 0) is 31.8 Å². The molecule has 4 fully saturated rings. The van der Waals surface area contributed by atoms with Crippen LogP contribution in [0.1, 0.15) is 12.8 Å². The summed E-state index contributed by atoms with van der Waals surface area (Å²) in [5, 5.41) is 0.824. The Morgan fingerprint density at radius 1 is 1.33 bits per heavy atom. The Morgan fingerprint density at radius 3 is 2.88 bits per heavy atom. The lowest BCUT2D eigenvalue weighted by molar-refractivity contribution is -0.137. The second kappa shape index (κ2) is 5.22. The topological polar surface area (TPSA) is 89.6 Å². The normalized spacial score (nSPS) is 35.2. The van der Waals surface area contributed by atoms with Crippen LogP contribution in [-0.2, 0) is 4.74 Å². The molecule has 2 unspecified atom stereocenters. The minimum absolute atomic E-state index is 0.163. The molecule has 0 saturated carbocycles. The van der Waals surface area contributed by atoms with E-state index in [2.05, 4.69) is 24.8 Å². The standard InChI is InChI=1S/C15H20N6O2S/c1-22-11-10-12(18-8-17-11)24-14(19-10)21-7-15(23-13(21)16)6-20-4-2-9(15)3-5-20/h8-9,13H,2-7,16H2,1H3. The van der Waals surface area contributed by atoms with Gasteiger partial charge in [-0.2, -0.15) is 4.98 Å². The van der Waals surface area contributed by atoms with E-state index in [-0.39, 0.29) is 5.60 Å². The Kier molecular flexibility index (Phi) is 3.21. The van der Waals surface area contributed by atoms with Crippen molar-refractivity contribution in [3.63, 3.8) is 0 Å². The third-order valence-electron chi connectivity index (χ3n) is 5.51. The third kappa shape index (κ3) is 2.05. The van der Waals surface area contributed by atoms with Crippen molar-refractivity contribution >= 4 is 26.8 Å². The number of nitrogens with zero attached hydrogens (tertiary/aromatic N) is 5. The number of aromatic nitrogens is 3. The van der Waals surface area contributed by atoms with E-state index in [0.717, 1.165) is 23.1 Å². The molecule has 6 heterocycles. The summed E-state index contributed by atoms with van der Waals surface area (Å²) in [7, 11) is 1.59. The summed E-state index contributed by atoms with van der Waals surface area (Å²) < 4.78 is 11.6. The van der Waals surface area contributed by atoms with Crippen molar-refractivity contribution in [2.24, 2.45) is 11.7 Å². The maximum absolute atomic E-state index is 6.33. The first-order valence-corrected chi connectivity index (χ1v) is 9.08. The van der Waals surface area contributed by atoms with Gasteiger partial charge in [0.15, 0.2) is 21.8 Å². The van der Waals surface area contributed by atoms with Crippen molar-refractivity contribution in [2.75, 3.05) is 38.2 Å². The zero-order chi connectivity index (χ0) is 16.3. The molecule has 0 amide bonds. The lowest BCUT2D eigenvalue weighted by Crippen LogP contribution is -2.61. The molecule has 6 rings (SSSR count). The molecular weight excluding hydrogens is 328 g/mol. The highest BCUT2D eigenvalue weighted by atomic mass is 32.1. The Hall–Kier alpha value is -1.55. The van der Waals surface area contributed by atoms with Crippen molar-refractivity contribution in [1.82, 2.24) is 19.9 Å². The van der Waals surface area contributed by atoms with Gasteiger partial charge in [0.2, 0.25) is 5.88 Å². The van der Waals surface area contributed by atoms with Crippen LogP contribution in [0, 0.1) is 5.92 Å². The lowest BCUT2D eigenvalue weighted by Gasteiger charge is -2.50. The second-order valence-corrected chi connectivity index (χ2v) is 7.74. The smallest absolute Gasteiger partial charge is 0.244 e. The molecule has 8 nitrogen and oxygen atoms in total. The fourth-order valence-electron chi connectivity index (χ4n) is 4.33. The predicted octanol–water partition coefficient (Wildman–Crippen LogP) is 0.638. The summed E-state index contributed by atoms with van der Waals surface area (Å²) in [4.78, 5) is 18.5. The summed E-state index contributed by atoms with van der Waals surface area (Å²) >= 11 is 1.51. The molecule has 4 aliphatic heterocycles. The van der Waals surface area contributed by atoms with Crippen LogP contribution in [0.4, 0.5) is 5.13 Å². The number of anilines is 1. The summed E-state index contributed by atoms with van der Waals surface area (Å²) in [5.41, 5.74) is 6.84. The van der Waals surface area contributed by atoms with Crippen LogP contribution in [0.3, 0.4) is 0 Å². The number of piperidine rings is 3. The number of hydrogen-bond acceptors (Lipinski definition) is 9. The molecule has 128 valence electrons. The molecule has 4 saturated heterocycles. The van der Waals surface area contributed by atoms with E-state index in [1.54, 1.807) is 7.11 Å². The van der Waals surface area contributed by atoms with Gasteiger partial charge < -0.3 is 19.3 Å². The number of rotatable bonds is 2. The number of methoxy groups -OCH3 is 1. The van der Waals surface area contributed by atoms with E-state index in [0.29, 0.717) is 17.3 Å². The number of fused-ring (bicyclic) bond motifs is 3. The molecule has 2 bridgehead atoms. The molecule has 4 aliphatic rings. The number of nitrogens with two attached hydrogens (primary N) is 1. The fourth-order valence-corrected chi connectivity index (χ4v) is 5.25. The second-order valence-electron chi connectivity index (χ2n) is 6.78. The maximum Gasteiger partial charge on any atom is 0.244 e. The molecule has 0 aromatic carbocycles. The Labute approximate surface area is 143 Å². The minimum atomic E-state index is -0.468. The van der Waals surface area contributed by atoms with E-state index < -0.39 is 6.35 Å². The van der Waals surface area contributed by atoms with Crippen LogP contribution in [-0.4, -0.2) is 65.1 Å². The molecule has 0 radical (unpaired) electrons. The molecule has 9 heteroatoms. The van der Waals surface area contributed by atoms with Gasteiger partial charge >= 0.3 is 0 Å². The molecule has 0 aliphatic carbocycles. The number of ether oxygens (including phenoxy) is 2. The summed E-state index contributed by atoms with van der Waals surface area (Å²) in [6.45, 7) is 4.11. The van der Waals surface area contributed by atoms with E-state index in [1.807, 2.05) is 0 Å². The van der Waals surface area contributed by atoms with Crippen LogP contribution in [0.25, 0.3) is 10.3 Å². The zero-order valence-corrected chi connectivity index (χ0v) is 14.3. The van der Waals surface area contributed by atoms with Gasteiger partial charge in [0.1, 0.15) is 11.9 Å². The summed E-state index contributed by atoms with van der Waals surface area (Å²) in [6.07, 6.45) is 3.42. The van der Waals surface area contributed by atoms with Crippen molar-refractivity contribution in [3.8, 4) is 5.88 Å². The molecule has 1 spiro atoms. The highest BCUT2D eigenvalue weighted by molar-refractivity contribution is 7.21. The van der Waals surface area contributed by atoms with Crippen LogP contribution in [0.15, 0.2) is 6.33 Å². The van der Waals surface area contributed by atoms with Crippen molar-refractivity contribution < 1.29 is 9.47 Å². The van der Waals surface area contributed by atoms with Gasteiger partial charge in [-0.1, -0.05) is 11.3 Å². The van der Waals surface area contributed by atoms with Crippen LogP contribution >= 0.6 is 11.3 Å². The molecular formula is C15H20N6O2S. The van der Waals surface area contributed by atoms with Crippen LogP contribution in [0.5, 0.6) is 5.88 Å². The van der Waals surface area contributed by atoms with E-state index >= 15 is 0 Å². The number of thiazole rings is 1. The highest BCUT2D eigenvalue weighted by Crippen LogP contribution is 2.44. The highest BCUT2D eigenvalue weighted by Gasteiger charge is 2.54. The lowest BCUT2D eigenvalue weighted by atomic mass is 9.75.